The molecule has 1 N–H and O–H groups in total. The summed E-state index contributed by atoms with van der Waals surface area (Å²) >= 11 is 0. The minimum atomic E-state index is -0.158. The summed E-state index contributed by atoms with van der Waals surface area (Å²) in [6, 6.07) is 6.20. The van der Waals surface area contributed by atoms with Gasteiger partial charge in [0.2, 0.25) is 0 Å². The summed E-state index contributed by atoms with van der Waals surface area (Å²) in [4.78, 5) is 11.5. The first-order chi connectivity index (χ1) is 6.56. The molecule has 0 aromatic heterocycles. The molecule has 0 aliphatic heterocycles. The van der Waals surface area contributed by atoms with E-state index in [1.807, 2.05) is 6.07 Å². The van der Waals surface area contributed by atoms with Crippen LogP contribution in [0.2, 0.25) is 0 Å². The second kappa shape index (κ2) is 3.93. The Morgan fingerprint density at radius 1 is 1.50 bits per heavy atom. The monoisotopic (exact) mass is 189 g/mol. The summed E-state index contributed by atoms with van der Waals surface area (Å²) in [7, 11) is 0. The standard InChI is InChI=1S/C11H11NO2/c1-7(2)11(14)9-4-3-8(6-12)5-10(9)13/h3-5,7,13H,1-2H3. The Balaban J connectivity index is 3.14. The molecule has 0 heterocycles. The molecule has 0 aliphatic carbocycles. The molecule has 0 saturated carbocycles. The van der Waals surface area contributed by atoms with Gasteiger partial charge >= 0.3 is 0 Å². The number of hydrogen-bond donors (Lipinski definition) is 1. The molecule has 0 spiro atoms. The Kier molecular flexibility index (Phi) is 2.88. The summed E-state index contributed by atoms with van der Waals surface area (Å²) in [5.41, 5.74) is 0.627. The van der Waals surface area contributed by atoms with Gasteiger partial charge in [0.05, 0.1) is 17.2 Å². The van der Waals surface area contributed by atoms with E-state index in [2.05, 4.69) is 0 Å². The van der Waals surface area contributed by atoms with Gasteiger partial charge in [0.1, 0.15) is 5.75 Å². The maximum absolute atomic E-state index is 11.5. The topological polar surface area (TPSA) is 61.1 Å². The van der Waals surface area contributed by atoms with Crippen molar-refractivity contribution in [3.63, 3.8) is 0 Å². The van der Waals surface area contributed by atoms with Crippen molar-refractivity contribution in [1.82, 2.24) is 0 Å². The minimum Gasteiger partial charge on any atom is -0.507 e. The summed E-state index contributed by atoms with van der Waals surface area (Å²) < 4.78 is 0. The van der Waals surface area contributed by atoms with Crippen LogP contribution in [-0.2, 0) is 0 Å². The van der Waals surface area contributed by atoms with Crippen LogP contribution >= 0.6 is 0 Å². The van der Waals surface area contributed by atoms with Crippen molar-refractivity contribution >= 4 is 5.78 Å². The zero-order valence-electron chi connectivity index (χ0n) is 8.11. The highest BCUT2D eigenvalue weighted by Crippen LogP contribution is 2.21. The number of nitrogens with zero attached hydrogens (tertiary/aromatic N) is 1. The molecule has 3 heteroatoms. The summed E-state index contributed by atoms with van der Waals surface area (Å²) in [6.07, 6.45) is 0. The maximum atomic E-state index is 11.5. The highest BCUT2D eigenvalue weighted by atomic mass is 16.3. The van der Waals surface area contributed by atoms with Crippen LogP contribution in [0.3, 0.4) is 0 Å². The fourth-order valence-corrected chi connectivity index (χ4v) is 1.12. The molecule has 0 unspecified atom stereocenters. The van der Waals surface area contributed by atoms with Crippen LogP contribution in [0.1, 0.15) is 29.8 Å². The van der Waals surface area contributed by atoms with Crippen LogP contribution in [0.5, 0.6) is 5.75 Å². The number of phenols is 1. The second-order valence-corrected chi connectivity index (χ2v) is 3.36. The first kappa shape index (κ1) is 10.3. The Morgan fingerprint density at radius 3 is 2.57 bits per heavy atom. The number of Topliss-reactive ketones (excluding diaryl/α,β-unsaturated/α-hetero) is 1. The molecule has 0 saturated heterocycles. The largest absolute Gasteiger partial charge is 0.507 e. The summed E-state index contributed by atoms with van der Waals surface area (Å²) in [5, 5.41) is 18.0. The number of hydrogen-bond acceptors (Lipinski definition) is 3. The molecule has 72 valence electrons. The summed E-state index contributed by atoms with van der Waals surface area (Å²) in [5.74, 6) is -0.399. The number of ketones is 1. The molecule has 0 aliphatic rings. The van der Waals surface area contributed by atoms with Crippen LogP contribution in [0, 0.1) is 17.2 Å². The van der Waals surface area contributed by atoms with Gasteiger partial charge < -0.3 is 5.11 Å². The molecule has 1 rings (SSSR count). The van der Waals surface area contributed by atoms with Gasteiger partial charge in [-0.2, -0.15) is 5.26 Å². The van der Waals surface area contributed by atoms with Crippen LogP contribution in [0.15, 0.2) is 18.2 Å². The Morgan fingerprint density at radius 2 is 2.14 bits per heavy atom. The van der Waals surface area contributed by atoms with E-state index < -0.39 is 0 Å². The van der Waals surface area contributed by atoms with Crippen LogP contribution in [0.4, 0.5) is 0 Å². The van der Waals surface area contributed by atoms with Crippen LogP contribution < -0.4 is 0 Å². The van der Waals surface area contributed by atoms with Gasteiger partial charge in [0.25, 0.3) is 0 Å². The van der Waals surface area contributed by atoms with Gasteiger partial charge in [-0.25, -0.2) is 0 Å². The average Bonchev–Trinajstić information content (AvgIpc) is 2.16. The van der Waals surface area contributed by atoms with Crippen molar-refractivity contribution in [3.8, 4) is 11.8 Å². The zero-order chi connectivity index (χ0) is 10.7. The fraction of sp³-hybridized carbons (Fsp3) is 0.273. The zero-order valence-corrected chi connectivity index (χ0v) is 8.11. The van der Waals surface area contributed by atoms with Gasteiger partial charge in [0.15, 0.2) is 5.78 Å². The Labute approximate surface area is 82.6 Å². The van der Waals surface area contributed by atoms with E-state index in [1.54, 1.807) is 13.8 Å². The molecule has 0 amide bonds. The first-order valence-electron chi connectivity index (χ1n) is 4.33. The number of phenolic OH excluding ortho intramolecular Hbond substituents is 1. The molecule has 1 aromatic rings. The number of aromatic hydroxyl groups is 1. The normalized spacial score (nSPS) is 9.86. The lowest BCUT2D eigenvalue weighted by Crippen LogP contribution is -2.07. The highest BCUT2D eigenvalue weighted by molar-refractivity contribution is 5.99. The van der Waals surface area contributed by atoms with Crippen molar-refractivity contribution in [2.24, 2.45) is 5.92 Å². The quantitative estimate of drug-likeness (QED) is 0.724. The third-order valence-electron chi connectivity index (χ3n) is 1.92. The van der Waals surface area contributed by atoms with E-state index in [-0.39, 0.29) is 23.0 Å². The van der Waals surface area contributed by atoms with E-state index in [1.165, 1.54) is 18.2 Å². The predicted molar refractivity (Wildman–Crippen MR) is 52.0 cm³/mol. The predicted octanol–water partition coefficient (Wildman–Crippen LogP) is 2.10. The summed E-state index contributed by atoms with van der Waals surface area (Å²) in [6.45, 7) is 3.53. The minimum absolute atomic E-state index is 0.119. The first-order valence-corrected chi connectivity index (χ1v) is 4.33. The van der Waals surface area contributed by atoms with Gasteiger partial charge in [-0.3, -0.25) is 4.79 Å². The van der Waals surface area contributed by atoms with Crippen LogP contribution in [-0.4, -0.2) is 10.9 Å². The fourth-order valence-electron chi connectivity index (χ4n) is 1.12. The van der Waals surface area contributed by atoms with Crippen LogP contribution in [0.25, 0.3) is 0 Å². The molecule has 1 aromatic carbocycles. The number of nitriles is 1. The Bertz CT molecular complexity index is 402. The number of carbonyl (C=O) groups excluding carboxylic acids is 1. The molecule has 0 bridgehead atoms. The van der Waals surface area contributed by atoms with Crippen molar-refractivity contribution < 1.29 is 9.90 Å². The van der Waals surface area contributed by atoms with Gasteiger partial charge in [-0.05, 0) is 18.2 Å². The number of carbonyl (C=O) groups is 1. The lowest BCUT2D eigenvalue weighted by Gasteiger charge is -2.06. The maximum Gasteiger partial charge on any atom is 0.169 e. The van der Waals surface area contributed by atoms with Gasteiger partial charge in [0, 0.05) is 5.92 Å². The lowest BCUT2D eigenvalue weighted by atomic mass is 9.99. The lowest BCUT2D eigenvalue weighted by molar-refractivity contribution is 0.0936. The SMILES string of the molecule is CC(C)C(=O)c1ccc(C#N)cc1O. The smallest absolute Gasteiger partial charge is 0.169 e. The molecule has 3 nitrogen and oxygen atoms in total. The Hall–Kier alpha value is -1.82. The molecule has 0 radical (unpaired) electrons. The molecule has 14 heavy (non-hydrogen) atoms. The van der Waals surface area contributed by atoms with E-state index >= 15 is 0 Å². The van der Waals surface area contributed by atoms with Crippen molar-refractivity contribution in [3.05, 3.63) is 29.3 Å². The van der Waals surface area contributed by atoms with Gasteiger partial charge in [-0.1, -0.05) is 13.8 Å². The van der Waals surface area contributed by atoms with E-state index in [0.717, 1.165) is 0 Å². The van der Waals surface area contributed by atoms with Gasteiger partial charge in [-0.15, -0.1) is 0 Å². The van der Waals surface area contributed by atoms with Crippen molar-refractivity contribution in [2.45, 2.75) is 13.8 Å². The highest BCUT2D eigenvalue weighted by Gasteiger charge is 2.14. The van der Waals surface area contributed by atoms with Crippen molar-refractivity contribution in [1.29, 1.82) is 5.26 Å². The van der Waals surface area contributed by atoms with E-state index in [4.69, 9.17) is 5.26 Å². The average molecular weight is 189 g/mol. The number of benzene rings is 1. The van der Waals surface area contributed by atoms with E-state index in [0.29, 0.717) is 5.56 Å². The number of rotatable bonds is 2. The molecular weight excluding hydrogens is 178 g/mol. The second-order valence-electron chi connectivity index (χ2n) is 3.36. The molecule has 0 fully saturated rings. The third kappa shape index (κ3) is 1.91. The van der Waals surface area contributed by atoms with Crippen molar-refractivity contribution in [2.75, 3.05) is 0 Å². The molecule has 0 atom stereocenters. The third-order valence-corrected chi connectivity index (χ3v) is 1.92. The molecular formula is C11H11NO2. The van der Waals surface area contributed by atoms with E-state index in [9.17, 15) is 9.90 Å².